The summed E-state index contributed by atoms with van der Waals surface area (Å²) in [6.07, 6.45) is 4.00. The van der Waals surface area contributed by atoms with Gasteiger partial charge in [0.25, 0.3) is 0 Å². The number of hydrogen-bond acceptors (Lipinski definition) is 4. The lowest BCUT2D eigenvalue weighted by molar-refractivity contribution is -0.133. The maximum Gasteiger partial charge on any atom is 0.237 e. The maximum absolute atomic E-state index is 11.8. The Morgan fingerprint density at radius 1 is 1.44 bits per heavy atom. The van der Waals surface area contributed by atoms with Gasteiger partial charge in [0.05, 0.1) is 0 Å². The summed E-state index contributed by atoms with van der Waals surface area (Å²) in [5.74, 6) is 1.86. The van der Waals surface area contributed by atoms with Crippen molar-refractivity contribution in [3.8, 4) is 0 Å². The van der Waals surface area contributed by atoms with Crippen molar-refractivity contribution in [1.82, 2.24) is 15.0 Å². The van der Waals surface area contributed by atoms with Gasteiger partial charge in [-0.2, -0.15) is 4.98 Å². The molecule has 2 saturated heterocycles. The average molecular weight is 270 g/mol. The van der Waals surface area contributed by atoms with E-state index >= 15 is 0 Å². The summed E-state index contributed by atoms with van der Waals surface area (Å²) < 4.78 is 5.04. The van der Waals surface area contributed by atoms with Gasteiger partial charge in [0.2, 0.25) is 11.8 Å². The molecule has 98 valence electrons. The highest BCUT2D eigenvalue weighted by atomic mass is 35.5. The first-order chi connectivity index (χ1) is 8.69. The fourth-order valence-corrected chi connectivity index (χ4v) is 3.48. The maximum atomic E-state index is 11.8. The summed E-state index contributed by atoms with van der Waals surface area (Å²) >= 11 is 5.67. The minimum atomic E-state index is 0.0620. The van der Waals surface area contributed by atoms with E-state index < -0.39 is 0 Å². The third-order valence-electron chi connectivity index (χ3n) is 4.04. The third-order valence-corrected chi connectivity index (χ3v) is 4.27. The van der Waals surface area contributed by atoms with E-state index in [2.05, 4.69) is 10.1 Å². The molecule has 0 aromatic carbocycles. The number of halogens is 1. The summed E-state index contributed by atoms with van der Waals surface area (Å²) in [5, 5.41) is 4.01. The van der Waals surface area contributed by atoms with Crippen LogP contribution in [0.3, 0.4) is 0 Å². The second-order valence-electron chi connectivity index (χ2n) is 5.16. The van der Waals surface area contributed by atoms with Gasteiger partial charge < -0.3 is 9.42 Å². The molecular weight excluding hydrogens is 254 g/mol. The van der Waals surface area contributed by atoms with E-state index in [-0.39, 0.29) is 11.8 Å². The highest BCUT2D eigenvalue weighted by molar-refractivity contribution is 6.27. The van der Waals surface area contributed by atoms with Crippen molar-refractivity contribution < 1.29 is 9.32 Å². The predicted molar refractivity (Wildman–Crippen MR) is 65.4 cm³/mol. The molecule has 1 amide bonds. The Morgan fingerprint density at radius 3 is 2.61 bits per heavy atom. The Hall–Kier alpha value is -1.10. The van der Waals surface area contributed by atoms with Crippen LogP contribution in [0.15, 0.2) is 4.52 Å². The number of aromatic nitrogens is 2. The number of carbonyl (C=O) groups is 1. The van der Waals surface area contributed by atoms with Gasteiger partial charge >= 0.3 is 0 Å². The highest BCUT2D eigenvalue weighted by Crippen LogP contribution is 2.42. The lowest BCUT2D eigenvalue weighted by Crippen LogP contribution is -2.46. The van der Waals surface area contributed by atoms with Gasteiger partial charge in [0.15, 0.2) is 5.82 Å². The van der Waals surface area contributed by atoms with Gasteiger partial charge in [-0.25, -0.2) is 0 Å². The lowest BCUT2D eigenvalue weighted by Gasteiger charge is -2.37. The molecule has 2 aliphatic heterocycles. The molecule has 1 aromatic heterocycles. The number of aryl methyl sites for hydroxylation is 1. The molecule has 2 bridgehead atoms. The molecule has 0 saturated carbocycles. The Balaban J connectivity index is 1.77. The molecule has 5 nitrogen and oxygen atoms in total. The van der Waals surface area contributed by atoms with Gasteiger partial charge in [0.1, 0.15) is 5.88 Å². The van der Waals surface area contributed by atoms with E-state index in [0.717, 1.165) is 31.5 Å². The van der Waals surface area contributed by atoms with Crippen LogP contribution in [-0.2, 0) is 4.79 Å². The van der Waals surface area contributed by atoms with Crippen LogP contribution < -0.4 is 0 Å². The first kappa shape index (κ1) is 12.0. The summed E-state index contributed by atoms with van der Waals surface area (Å²) in [5.41, 5.74) is 0. The monoisotopic (exact) mass is 269 g/mol. The first-order valence-corrected chi connectivity index (χ1v) is 6.90. The average Bonchev–Trinajstić information content (AvgIpc) is 2.90. The van der Waals surface area contributed by atoms with Crippen LogP contribution in [-0.4, -0.2) is 38.9 Å². The van der Waals surface area contributed by atoms with E-state index in [4.69, 9.17) is 16.1 Å². The van der Waals surface area contributed by atoms with Gasteiger partial charge in [-0.3, -0.25) is 4.79 Å². The fraction of sp³-hybridized carbons (Fsp3) is 0.750. The van der Waals surface area contributed by atoms with Gasteiger partial charge in [-0.1, -0.05) is 5.16 Å². The predicted octanol–water partition coefficient (Wildman–Crippen LogP) is 1.85. The van der Waals surface area contributed by atoms with Crippen molar-refractivity contribution in [2.45, 2.75) is 50.6 Å². The highest BCUT2D eigenvalue weighted by Gasteiger charge is 2.44. The van der Waals surface area contributed by atoms with Crippen LogP contribution in [0, 0.1) is 6.92 Å². The summed E-state index contributed by atoms with van der Waals surface area (Å²) in [6, 6.07) is 0.609. The zero-order chi connectivity index (χ0) is 12.7. The molecule has 0 N–H and O–H groups in total. The van der Waals surface area contributed by atoms with E-state index in [1.165, 1.54) is 0 Å². The van der Waals surface area contributed by atoms with Crippen molar-refractivity contribution in [2.24, 2.45) is 0 Å². The number of piperidine rings is 1. The molecule has 0 radical (unpaired) electrons. The van der Waals surface area contributed by atoms with Crippen molar-refractivity contribution in [3.63, 3.8) is 0 Å². The Kier molecular flexibility index (Phi) is 3.01. The lowest BCUT2D eigenvalue weighted by atomic mass is 9.90. The van der Waals surface area contributed by atoms with Crippen molar-refractivity contribution >= 4 is 17.5 Å². The van der Waals surface area contributed by atoms with Crippen LogP contribution in [0.5, 0.6) is 0 Å². The number of nitrogens with zero attached hydrogens (tertiary/aromatic N) is 3. The zero-order valence-electron chi connectivity index (χ0n) is 10.3. The molecule has 2 aliphatic rings. The van der Waals surface area contributed by atoms with Crippen molar-refractivity contribution in [3.05, 3.63) is 11.7 Å². The molecule has 2 atom stereocenters. The van der Waals surface area contributed by atoms with E-state index in [1.54, 1.807) is 6.92 Å². The summed E-state index contributed by atoms with van der Waals surface area (Å²) in [6.45, 7) is 1.80. The normalized spacial score (nSPS) is 30.8. The number of alkyl halides is 1. The third kappa shape index (κ3) is 1.90. The summed E-state index contributed by atoms with van der Waals surface area (Å²) in [4.78, 5) is 18.1. The van der Waals surface area contributed by atoms with Crippen molar-refractivity contribution in [1.29, 1.82) is 0 Å². The zero-order valence-corrected chi connectivity index (χ0v) is 11.1. The number of carbonyl (C=O) groups excluding carboxylic acids is 1. The Labute approximate surface area is 110 Å². The fourth-order valence-electron chi connectivity index (χ4n) is 3.34. The summed E-state index contributed by atoms with van der Waals surface area (Å²) in [7, 11) is 0. The van der Waals surface area contributed by atoms with Crippen LogP contribution >= 0.6 is 11.6 Å². The van der Waals surface area contributed by atoms with Gasteiger partial charge in [0, 0.05) is 24.9 Å². The van der Waals surface area contributed by atoms with Gasteiger partial charge in [-0.15, -0.1) is 11.6 Å². The number of hydrogen-bond donors (Lipinski definition) is 0. The van der Waals surface area contributed by atoms with Crippen LogP contribution in [0.4, 0.5) is 0 Å². The second-order valence-corrected chi connectivity index (χ2v) is 5.43. The van der Waals surface area contributed by atoms with Crippen LogP contribution in [0.1, 0.15) is 43.3 Å². The standard InChI is InChI=1S/C12H16ClN3O2/c1-7-14-12(15-18-7)8-4-9-2-3-10(5-8)16(9)11(17)6-13/h8-10H,2-6H2,1H3. The SMILES string of the molecule is Cc1nc(C2CC3CCC(C2)N3C(=O)CCl)no1. The van der Waals surface area contributed by atoms with Crippen molar-refractivity contribution in [2.75, 3.05) is 5.88 Å². The Morgan fingerprint density at radius 2 is 2.11 bits per heavy atom. The Bertz CT molecular complexity index is 448. The molecule has 3 heterocycles. The largest absolute Gasteiger partial charge is 0.340 e. The quantitative estimate of drug-likeness (QED) is 0.769. The van der Waals surface area contributed by atoms with E-state index in [9.17, 15) is 4.79 Å². The molecule has 3 rings (SSSR count). The van der Waals surface area contributed by atoms with Crippen LogP contribution in [0.25, 0.3) is 0 Å². The number of amides is 1. The molecule has 2 unspecified atom stereocenters. The van der Waals surface area contributed by atoms with Crippen LogP contribution in [0.2, 0.25) is 0 Å². The first-order valence-electron chi connectivity index (χ1n) is 6.36. The minimum absolute atomic E-state index is 0.0620. The number of rotatable bonds is 2. The second kappa shape index (κ2) is 4.53. The minimum Gasteiger partial charge on any atom is -0.340 e. The molecule has 1 aromatic rings. The van der Waals surface area contributed by atoms with Gasteiger partial charge in [-0.05, 0) is 25.7 Å². The molecular formula is C12H16ClN3O2. The number of fused-ring (bicyclic) bond motifs is 2. The topological polar surface area (TPSA) is 59.2 Å². The van der Waals surface area contributed by atoms with E-state index in [0.29, 0.717) is 23.9 Å². The molecule has 2 fully saturated rings. The smallest absolute Gasteiger partial charge is 0.237 e. The molecule has 0 spiro atoms. The van der Waals surface area contributed by atoms with E-state index in [1.807, 2.05) is 4.90 Å². The molecule has 18 heavy (non-hydrogen) atoms. The molecule has 6 heteroatoms. The molecule has 0 aliphatic carbocycles.